The molecule has 1 aromatic rings. The van der Waals surface area contributed by atoms with Crippen molar-refractivity contribution in [2.45, 2.75) is 6.30 Å². The molecule has 0 aliphatic carbocycles. The van der Waals surface area contributed by atoms with E-state index in [-0.39, 0.29) is 0 Å². The molecule has 1 rings (SSSR count). The lowest BCUT2D eigenvalue weighted by Crippen LogP contribution is -2.02. The molecule has 2 heteroatoms. The molecule has 0 heterocycles. The summed E-state index contributed by atoms with van der Waals surface area (Å²) in [6.45, 7) is 0. The van der Waals surface area contributed by atoms with Gasteiger partial charge in [-0.05, 0) is 6.07 Å². The molecule has 0 amide bonds. The third-order valence-electron chi connectivity index (χ3n) is 1.03. The number of alkyl halides is 1. The van der Waals surface area contributed by atoms with E-state index in [1.165, 1.54) is 0 Å². The average Bonchev–Trinajstić information content (AvgIpc) is 1.90. The molecule has 0 bridgehead atoms. The van der Waals surface area contributed by atoms with Crippen LogP contribution in [0.4, 0.5) is 4.39 Å². The van der Waals surface area contributed by atoms with Crippen LogP contribution in [0.15, 0.2) is 24.3 Å². The van der Waals surface area contributed by atoms with Gasteiger partial charge >= 0.3 is 0 Å². The van der Waals surface area contributed by atoms with Crippen molar-refractivity contribution in [3.05, 3.63) is 35.9 Å². The summed E-state index contributed by atoms with van der Waals surface area (Å²) < 4.78 is 12.2. The van der Waals surface area contributed by atoms with Crippen LogP contribution in [-0.4, -0.2) is 0 Å². The van der Waals surface area contributed by atoms with Crippen molar-refractivity contribution >= 4 is 0 Å². The van der Waals surface area contributed by atoms with E-state index in [1.54, 1.807) is 24.3 Å². The van der Waals surface area contributed by atoms with Gasteiger partial charge in [-0.2, -0.15) is 0 Å². The minimum Gasteiger partial charge on any atom is -0.298 e. The number of nitrogens with two attached hydrogens (primary N) is 1. The van der Waals surface area contributed by atoms with Gasteiger partial charge < -0.3 is 0 Å². The maximum absolute atomic E-state index is 12.2. The van der Waals surface area contributed by atoms with E-state index in [0.29, 0.717) is 5.56 Å². The van der Waals surface area contributed by atoms with Crippen LogP contribution in [0.1, 0.15) is 11.9 Å². The Morgan fingerprint density at radius 1 is 1.56 bits per heavy atom. The third-order valence-corrected chi connectivity index (χ3v) is 1.03. The zero-order chi connectivity index (χ0) is 6.69. The first-order valence-corrected chi connectivity index (χ1v) is 2.67. The van der Waals surface area contributed by atoms with Gasteiger partial charge in [0.25, 0.3) is 0 Å². The lowest BCUT2D eigenvalue weighted by atomic mass is 10.2. The zero-order valence-corrected chi connectivity index (χ0v) is 4.84. The molecule has 1 radical (unpaired) electrons. The number of hydrogen-bond donors (Lipinski definition) is 1. The molecule has 0 saturated carbocycles. The highest BCUT2D eigenvalue weighted by molar-refractivity contribution is 5.14. The maximum atomic E-state index is 12.2. The van der Waals surface area contributed by atoms with Crippen LogP contribution in [0, 0.1) is 6.07 Å². The standard InChI is InChI=1S/C7H7FN/c8-7(9)6-4-2-1-3-5-6/h1-4,7H,9H2. The highest BCUT2D eigenvalue weighted by Gasteiger charge is 1.98. The lowest BCUT2D eigenvalue weighted by molar-refractivity contribution is 0.355. The fourth-order valence-electron chi connectivity index (χ4n) is 0.579. The van der Waals surface area contributed by atoms with Crippen molar-refractivity contribution in [1.82, 2.24) is 0 Å². The number of rotatable bonds is 1. The summed E-state index contributed by atoms with van der Waals surface area (Å²) in [5.74, 6) is 0. The maximum Gasteiger partial charge on any atom is 0.175 e. The summed E-state index contributed by atoms with van der Waals surface area (Å²) in [5, 5.41) is 0. The van der Waals surface area contributed by atoms with Gasteiger partial charge in [-0.1, -0.05) is 24.3 Å². The zero-order valence-electron chi connectivity index (χ0n) is 4.84. The predicted octanol–water partition coefficient (Wildman–Crippen LogP) is 1.41. The van der Waals surface area contributed by atoms with Crippen LogP contribution in [0.5, 0.6) is 0 Å². The number of hydrogen-bond acceptors (Lipinski definition) is 1. The number of halogens is 1. The summed E-state index contributed by atoms with van der Waals surface area (Å²) in [7, 11) is 0. The Hall–Kier alpha value is -0.890. The summed E-state index contributed by atoms with van der Waals surface area (Å²) in [4.78, 5) is 0. The molecule has 1 aromatic carbocycles. The second-order valence-corrected chi connectivity index (χ2v) is 1.72. The van der Waals surface area contributed by atoms with Gasteiger partial charge in [-0.25, -0.2) is 4.39 Å². The summed E-state index contributed by atoms with van der Waals surface area (Å²) in [6, 6.07) is 9.40. The van der Waals surface area contributed by atoms with Crippen LogP contribution in [-0.2, 0) is 0 Å². The van der Waals surface area contributed by atoms with E-state index in [0.717, 1.165) is 0 Å². The van der Waals surface area contributed by atoms with Crippen LogP contribution in [0.3, 0.4) is 0 Å². The molecule has 1 unspecified atom stereocenters. The van der Waals surface area contributed by atoms with Crippen LogP contribution >= 0.6 is 0 Å². The van der Waals surface area contributed by atoms with Gasteiger partial charge in [-0.15, -0.1) is 0 Å². The monoisotopic (exact) mass is 124 g/mol. The largest absolute Gasteiger partial charge is 0.298 e. The van der Waals surface area contributed by atoms with Gasteiger partial charge in [0.15, 0.2) is 6.30 Å². The Labute approximate surface area is 53.3 Å². The van der Waals surface area contributed by atoms with Crippen molar-refractivity contribution in [3.63, 3.8) is 0 Å². The smallest absolute Gasteiger partial charge is 0.175 e. The topological polar surface area (TPSA) is 26.0 Å². The van der Waals surface area contributed by atoms with Crippen molar-refractivity contribution in [1.29, 1.82) is 0 Å². The van der Waals surface area contributed by atoms with E-state index in [9.17, 15) is 4.39 Å². The first-order chi connectivity index (χ1) is 4.30. The minimum atomic E-state index is -1.40. The van der Waals surface area contributed by atoms with E-state index in [1.807, 2.05) is 0 Å². The first kappa shape index (κ1) is 6.23. The fraction of sp³-hybridized carbons (Fsp3) is 0.143. The summed E-state index contributed by atoms with van der Waals surface area (Å²) in [5.41, 5.74) is 5.32. The molecule has 2 N–H and O–H groups in total. The SMILES string of the molecule is NC(F)c1[c]cccc1. The average molecular weight is 124 g/mol. The highest BCUT2D eigenvalue weighted by atomic mass is 19.1. The lowest BCUT2D eigenvalue weighted by Gasteiger charge is -1.97. The Balaban J connectivity index is 2.85. The Morgan fingerprint density at radius 3 is 2.67 bits per heavy atom. The first-order valence-electron chi connectivity index (χ1n) is 2.67. The fourth-order valence-corrected chi connectivity index (χ4v) is 0.579. The molecule has 0 aliphatic heterocycles. The molecular weight excluding hydrogens is 117 g/mol. The Morgan fingerprint density at radius 2 is 2.33 bits per heavy atom. The van der Waals surface area contributed by atoms with Crippen molar-refractivity contribution < 1.29 is 4.39 Å². The number of benzene rings is 1. The third kappa shape index (κ3) is 1.50. The molecule has 0 fully saturated rings. The Kier molecular flexibility index (Phi) is 1.80. The van der Waals surface area contributed by atoms with Crippen LogP contribution in [0.25, 0.3) is 0 Å². The van der Waals surface area contributed by atoms with Gasteiger partial charge in [0.1, 0.15) is 0 Å². The minimum absolute atomic E-state index is 0.400. The molecule has 0 aromatic heterocycles. The normalized spacial score (nSPS) is 13.1. The van der Waals surface area contributed by atoms with Gasteiger partial charge in [0.2, 0.25) is 0 Å². The van der Waals surface area contributed by atoms with Crippen molar-refractivity contribution in [2.24, 2.45) is 5.73 Å². The molecular formula is C7H7FN. The van der Waals surface area contributed by atoms with Crippen LogP contribution < -0.4 is 5.73 Å². The molecule has 9 heavy (non-hydrogen) atoms. The van der Waals surface area contributed by atoms with E-state index >= 15 is 0 Å². The molecule has 0 aliphatic rings. The summed E-state index contributed by atoms with van der Waals surface area (Å²) in [6.07, 6.45) is -1.40. The quantitative estimate of drug-likeness (QED) is 0.563. The van der Waals surface area contributed by atoms with Gasteiger partial charge in [0.05, 0.1) is 0 Å². The van der Waals surface area contributed by atoms with E-state index in [2.05, 4.69) is 6.07 Å². The molecule has 1 nitrogen and oxygen atoms in total. The van der Waals surface area contributed by atoms with E-state index < -0.39 is 6.30 Å². The van der Waals surface area contributed by atoms with Crippen molar-refractivity contribution in [2.75, 3.05) is 0 Å². The molecule has 47 valence electrons. The van der Waals surface area contributed by atoms with Crippen LogP contribution in [0.2, 0.25) is 0 Å². The summed E-state index contributed by atoms with van der Waals surface area (Å²) >= 11 is 0. The Bertz CT molecular complexity index is 172. The molecule has 1 atom stereocenters. The second-order valence-electron chi connectivity index (χ2n) is 1.72. The highest BCUT2D eigenvalue weighted by Crippen LogP contribution is 2.07. The van der Waals surface area contributed by atoms with E-state index in [4.69, 9.17) is 5.73 Å². The molecule has 0 spiro atoms. The second kappa shape index (κ2) is 2.60. The van der Waals surface area contributed by atoms with Gasteiger partial charge in [-0.3, -0.25) is 5.73 Å². The predicted molar refractivity (Wildman–Crippen MR) is 33.3 cm³/mol. The van der Waals surface area contributed by atoms with Gasteiger partial charge in [0, 0.05) is 5.56 Å². The molecule has 0 saturated heterocycles. The van der Waals surface area contributed by atoms with Crippen molar-refractivity contribution in [3.8, 4) is 0 Å².